The summed E-state index contributed by atoms with van der Waals surface area (Å²) in [6.07, 6.45) is 0. The highest BCUT2D eigenvalue weighted by Gasteiger charge is 2.05. The van der Waals surface area contributed by atoms with E-state index in [0.29, 0.717) is 0 Å². The first-order valence-corrected chi connectivity index (χ1v) is 7.81. The molecule has 0 radical (unpaired) electrons. The van der Waals surface area contributed by atoms with Crippen LogP contribution in [-0.4, -0.2) is 28.6 Å². The van der Waals surface area contributed by atoms with Crippen LogP contribution in [0, 0.1) is 13.8 Å². The predicted octanol–water partition coefficient (Wildman–Crippen LogP) is 4.47. The van der Waals surface area contributed by atoms with Crippen molar-refractivity contribution in [2.45, 2.75) is 20.4 Å². The molecule has 1 aromatic carbocycles. The Morgan fingerprint density at radius 2 is 1.41 bits per heavy atom. The predicted molar refractivity (Wildman–Crippen MR) is 89.1 cm³/mol. The Morgan fingerprint density at radius 3 is 1.82 bits per heavy atom. The molecule has 0 unspecified atom stereocenters. The first kappa shape index (κ1) is 17.6. The van der Waals surface area contributed by atoms with Gasteiger partial charge >= 0.3 is 0 Å². The largest absolute Gasteiger partial charge is 0.297 e. The number of halogens is 3. The van der Waals surface area contributed by atoms with Gasteiger partial charge in [-0.25, -0.2) is 0 Å². The maximum Gasteiger partial charge on any atom is 0.0234 e. The minimum Gasteiger partial charge on any atom is -0.297 e. The van der Waals surface area contributed by atoms with Gasteiger partial charge < -0.3 is 0 Å². The van der Waals surface area contributed by atoms with E-state index in [2.05, 4.69) is 68.8 Å². The van der Waals surface area contributed by atoms with E-state index >= 15 is 0 Å². The van der Waals surface area contributed by atoms with Crippen molar-refractivity contribution in [1.82, 2.24) is 4.90 Å². The molecule has 0 aliphatic heterocycles. The van der Waals surface area contributed by atoms with Crippen molar-refractivity contribution in [1.29, 1.82) is 0 Å². The molecule has 98 valence electrons. The number of rotatable bonds is 6. The Morgan fingerprint density at radius 1 is 0.941 bits per heavy atom. The highest BCUT2D eigenvalue weighted by Crippen LogP contribution is 2.11. The van der Waals surface area contributed by atoms with Crippen LogP contribution in [0.4, 0.5) is 0 Å². The van der Waals surface area contributed by atoms with Gasteiger partial charge in [0, 0.05) is 30.3 Å². The third-order valence-corrected chi connectivity index (χ3v) is 3.20. The Bertz CT molecular complexity index is 302. The first-order valence-electron chi connectivity index (χ1n) is 5.57. The lowest BCUT2D eigenvalue weighted by Crippen LogP contribution is -2.27. The lowest BCUT2D eigenvalue weighted by atomic mass is 10.1. The number of nitrogens with zero attached hydrogens (tertiary/aromatic N) is 1. The zero-order valence-electron chi connectivity index (χ0n) is 10.4. The summed E-state index contributed by atoms with van der Waals surface area (Å²) in [6, 6.07) is 6.79. The van der Waals surface area contributed by atoms with Gasteiger partial charge in [-0.15, -0.1) is 17.0 Å². The van der Waals surface area contributed by atoms with Crippen LogP contribution in [0.5, 0.6) is 0 Å². The topological polar surface area (TPSA) is 3.24 Å². The molecule has 4 heteroatoms. The van der Waals surface area contributed by atoms with Crippen LogP contribution in [0.25, 0.3) is 0 Å². The smallest absolute Gasteiger partial charge is 0.0234 e. The number of hydrogen-bond donors (Lipinski definition) is 0. The monoisotopic (exact) mass is 427 g/mol. The molecule has 0 N–H and O–H groups in total. The molecule has 0 aromatic heterocycles. The molecule has 0 aliphatic carbocycles. The minimum atomic E-state index is 0. The standard InChI is InChI=1S/C13H19Br2N.BrH/c1-11-7-12(2)9-13(8-11)10-16(5-3-14)6-4-15;/h7-9H,3-6,10H2,1-2H3;1H. The van der Waals surface area contributed by atoms with Crippen molar-refractivity contribution in [3.05, 3.63) is 34.9 Å². The van der Waals surface area contributed by atoms with Crippen molar-refractivity contribution in [3.8, 4) is 0 Å². The van der Waals surface area contributed by atoms with Crippen LogP contribution in [0.2, 0.25) is 0 Å². The fourth-order valence-corrected chi connectivity index (χ4v) is 2.93. The molecule has 0 fully saturated rings. The second-order valence-corrected chi connectivity index (χ2v) is 5.74. The summed E-state index contributed by atoms with van der Waals surface area (Å²) in [7, 11) is 0. The zero-order chi connectivity index (χ0) is 12.0. The first-order chi connectivity index (χ1) is 7.65. The third kappa shape index (κ3) is 6.94. The molecule has 0 atom stereocenters. The van der Waals surface area contributed by atoms with Gasteiger partial charge in [0.05, 0.1) is 0 Å². The van der Waals surface area contributed by atoms with Crippen molar-refractivity contribution < 1.29 is 0 Å². The van der Waals surface area contributed by atoms with Crippen LogP contribution in [0.3, 0.4) is 0 Å². The van der Waals surface area contributed by atoms with Crippen LogP contribution >= 0.6 is 48.8 Å². The van der Waals surface area contributed by atoms with E-state index in [0.717, 1.165) is 30.3 Å². The van der Waals surface area contributed by atoms with Gasteiger partial charge in [0.1, 0.15) is 0 Å². The molecule has 17 heavy (non-hydrogen) atoms. The van der Waals surface area contributed by atoms with Gasteiger partial charge in [-0.1, -0.05) is 61.2 Å². The van der Waals surface area contributed by atoms with Gasteiger partial charge in [-0.3, -0.25) is 4.90 Å². The zero-order valence-corrected chi connectivity index (χ0v) is 15.3. The van der Waals surface area contributed by atoms with Gasteiger partial charge in [0.2, 0.25) is 0 Å². The molecule has 0 saturated carbocycles. The van der Waals surface area contributed by atoms with Crippen molar-refractivity contribution in [2.75, 3.05) is 23.7 Å². The van der Waals surface area contributed by atoms with Crippen molar-refractivity contribution in [2.24, 2.45) is 0 Å². The van der Waals surface area contributed by atoms with Gasteiger partial charge in [0.15, 0.2) is 0 Å². The van der Waals surface area contributed by atoms with Crippen LogP contribution < -0.4 is 0 Å². The van der Waals surface area contributed by atoms with E-state index in [-0.39, 0.29) is 17.0 Å². The fraction of sp³-hybridized carbons (Fsp3) is 0.538. The maximum atomic E-state index is 3.51. The van der Waals surface area contributed by atoms with E-state index in [1.165, 1.54) is 16.7 Å². The molecule has 0 heterocycles. The van der Waals surface area contributed by atoms with Crippen molar-refractivity contribution in [3.63, 3.8) is 0 Å². The molecule has 1 nitrogen and oxygen atoms in total. The van der Waals surface area contributed by atoms with Gasteiger partial charge in [-0.2, -0.15) is 0 Å². The van der Waals surface area contributed by atoms with Crippen LogP contribution in [0.1, 0.15) is 16.7 Å². The van der Waals surface area contributed by atoms with Gasteiger partial charge in [-0.05, 0) is 19.4 Å². The van der Waals surface area contributed by atoms with E-state index in [9.17, 15) is 0 Å². The van der Waals surface area contributed by atoms with E-state index in [1.54, 1.807) is 0 Å². The molecular formula is C13H20Br3N. The molecule has 0 amide bonds. The highest BCUT2D eigenvalue weighted by atomic mass is 79.9. The van der Waals surface area contributed by atoms with E-state index in [4.69, 9.17) is 0 Å². The van der Waals surface area contributed by atoms with Crippen molar-refractivity contribution >= 4 is 48.8 Å². The summed E-state index contributed by atoms with van der Waals surface area (Å²) in [6.45, 7) is 7.56. The minimum absolute atomic E-state index is 0. The van der Waals surface area contributed by atoms with Gasteiger partial charge in [0.25, 0.3) is 0 Å². The average Bonchev–Trinajstić information content (AvgIpc) is 2.16. The highest BCUT2D eigenvalue weighted by molar-refractivity contribution is 9.09. The van der Waals surface area contributed by atoms with Crippen LogP contribution in [-0.2, 0) is 6.54 Å². The Hall–Kier alpha value is 0.620. The number of benzene rings is 1. The summed E-state index contributed by atoms with van der Waals surface area (Å²) in [5.41, 5.74) is 4.12. The number of hydrogen-bond acceptors (Lipinski definition) is 1. The Labute approximate surface area is 132 Å². The molecule has 0 bridgehead atoms. The maximum absolute atomic E-state index is 3.51. The van der Waals surface area contributed by atoms with E-state index in [1.807, 2.05) is 0 Å². The summed E-state index contributed by atoms with van der Waals surface area (Å²) in [5.74, 6) is 0. The molecule has 0 saturated heterocycles. The normalized spacial score (nSPS) is 10.4. The Kier molecular flexibility index (Phi) is 9.88. The molecular weight excluding hydrogens is 410 g/mol. The Balaban J connectivity index is 0.00000256. The summed E-state index contributed by atoms with van der Waals surface area (Å²) >= 11 is 7.01. The van der Waals surface area contributed by atoms with E-state index < -0.39 is 0 Å². The number of aryl methyl sites for hydroxylation is 2. The SMILES string of the molecule is Br.Cc1cc(C)cc(CN(CCBr)CCBr)c1. The quantitative estimate of drug-likeness (QED) is 0.603. The van der Waals surface area contributed by atoms with Crippen LogP contribution in [0.15, 0.2) is 18.2 Å². The molecule has 0 spiro atoms. The third-order valence-electron chi connectivity index (χ3n) is 2.49. The summed E-state index contributed by atoms with van der Waals surface area (Å²) in [4.78, 5) is 2.46. The average molecular weight is 430 g/mol. The number of alkyl halides is 2. The second kappa shape index (κ2) is 9.54. The molecule has 1 aromatic rings. The molecule has 0 aliphatic rings. The lowest BCUT2D eigenvalue weighted by molar-refractivity contribution is 0.302. The fourth-order valence-electron chi connectivity index (χ4n) is 1.93. The lowest BCUT2D eigenvalue weighted by Gasteiger charge is -2.20. The summed E-state index contributed by atoms with van der Waals surface area (Å²) in [5, 5.41) is 2.07. The molecule has 1 rings (SSSR count). The second-order valence-electron chi connectivity index (χ2n) is 4.15. The summed E-state index contributed by atoms with van der Waals surface area (Å²) < 4.78 is 0.